The van der Waals surface area contributed by atoms with Crippen molar-refractivity contribution in [3.8, 4) is 0 Å². The number of sulfone groups is 1. The summed E-state index contributed by atoms with van der Waals surface area (Å²) in [6, 6.07) is 6.84. The van der Waals surface area contributed by atoms with Crippen LogP contribution in [0.3, 0.4) is 0 Å². The maximum absolute atomic E-state index is 11.5. The first kappa shape index (κ1) is 7.65. The number of benzene rings is 1. The van der Waals surface area contributed by atoms with Crippen LogP contribution >= 0.6 is 15.9 Å². The molecule has 1 aromatic carbocycles. The molecule has 0 aliphatic carbocycles. The van der Waals surface area contributed by atoms with E-state index in [2.05, 4.69) is 22.5 Å². The summed E-state index contributed by atoms with van der Waals surface area (Å²) in [5.74, 6) is -0.564. The van der Waals surface area contributed by atoms with E-state index in [0.717, 1.165) is 4.47 Å². The van der Waals surface area contributed by atoms with Crippen LogP contribution < -0.4 is 0 Å². The van der Waals surface area contributed by atoms with Gasteiger partial charge in [0, 0.05) is 14.8 Å². The highest BCUT2D eigenvalue weighted by atomic mass is 79.9. The molecule has 0 saturated heterocycles. The molecule has 0 aliphatic heterocycles. The van der Waals surface area contributed by atoms with Gasteiger partial charge >= 0.3 is 0 Å². The van der Waals surface area contributed by atoms with Crippen molar-refractivity contribution in [2.75, 3.05) is 11.9 Å². The smallest absolute Gasteiger partial charge is 0.151 e. The van der Waals surface area contributed by atoms with Gasteiger partial charge in [-0.2, -0.15) is 0 Å². The Hall–Kier alpha value is -0.610. The molecule has 14 heavy (non-hydrogen) atoms. The lowest BCUT2D eigenvalue weighted by molar-refractivity contribution is 0.605. The van der Waals surface area contributed by atoms with Crippen LogP contribution in [0.15, 0.2) is 35.3 Å². The van der Waals surface area contributed by atoms with Crippen LogP contribution in [-0.2, 0) is 9.84 Å². The van der Waals surface area contributed by atoms with Crippen LogP contribution in [0.1, 0.15) is 9.68 Å². The summed E-state index contributed by atoms with van der Waals surface area (Å²) in [4.78, 5) is 0. The van der Waals surface area contributed by atoms with Crippen LogP contribution in [0.2, 0.25) is 0 Å². The molecule has 0 bridgehead atoms. The Labute approximate surface area is 96.9 Å². The van der Waals surface area contributed by atoms with Crippen LogP contribution in [0.5, 0.6) is 0 Å². The van der Waals surface area contributed by atoms with Gasteiger partial charge in [0.25, 0.3) is 0 Å². The van der Waals surface area contributed by atoms with E-state index in [1.54, 1.807) is 24.3 Å². The summed E-state index contributed by atoms with van der Waals surface area (Å²) in [5.41, 5.74) is 0.884. The van der Waals surface area contributed by atoms with E-state index in [1.807, 2.05) is 0 Å². The molecule has 1 rings (SSSR count). The summed E-state index contributed by atoms with van der Waals surface area (Å²) in [6.45, 7) is 3.61. The van der Waals surface area contributed by atoms with Crippen molar-refractivity contribution in [3.63, 3.8) is 0 Å². The Bertz CT molecular complexity index is 517. The van der Waals surface area contributed by atoms with E-state index in [4.69, 9.17) is 4.11 Å². The molecule has 0 amide bonds. The zero-order valence-corrected chi connectivity index (χ0v) is 9.73. The molecule has 4 heteroatoms. The zero-order valence-electron chi connectivity index (χ0n) is 10.3. The summed E-state index contributed by atoms with van der Waals surface area (Å²) in [5, 5.41) is 0. The molecule has 0 aromatic heterocycles. The van der Waals surface area contributed by atoms with Gasteiger partial charge in [-0.3, -0.25) is 0 Å². The van der Waals surface area contributed by atoms with Gasteiger partial charge in [-0.1, -0.05) is 34.6 Å². The van der Waals surface area contributed by atoms with Crippen LogP contribution in [-0.4, -0.2) is 20.4 Å². The molecule has 0 radical (unpaired) electrons. The molecule has 0 fully saturated rings. The van der Waals surface area contributed by atoms with E-state index in [0.29, 0.717) is 5.56 Å². The van der Waals surface area contributed by atoms with E-state index in [1.165, 1.54) is 0 Å². The highest BCUT2D eigenvalue weighted by molar-refractivity contribution is 9.10. The molecule has 0 heterocycles. The number of hydrogen-bond acceptors (Lipinski definition) is 2. The molecule has 2 nitrogen and oxygen atoms in total. The second-order valence-corrected chi connectivity index (χ2v) is 5.30. The zero-order chi connectivity index (χ0) is 13.3. The fraction of sp³-hybridized carbons (Fsp3) is 0.200. The first-order valence-electron chi connectivity index (χ1n) is 5.29. The molecular formula is C10H11BrO2S. The Balaban J connectivity index is 2.91. The van der Waals surface area contributed by atoms with Gasteiger partial charge in [0.1, 0.15) is 0 Å². The van der Waals surface area contributed by atoms with Gasteiger partial charge in [-0.25, -0.2) is 8.42 Å². The Morgan fingerprint density at radius 3 is 2.57 bits per heavy atom. The highest BCUT2D eigenvalue weighted by Crippen LogP contribution is 2.17. The first-order valence-corrected chi connectivity index (χ1v) is 6.24. The molecule has 1 aromatic rings. The lowest BCUT2D eigenvalue weighted by atomic mass is 10.1. The van der Waals surface area contributed by atoms with Crippen molar-refractivity contribution in [1.82, 2.24) is 0 Å². The van der Waals surface area contributed by atoms with Crippen LogP contribution in [0, 0.1) is 0 Å². The SMILES string of the molecule is [2H]C([2H])([2H])S(=O)(=O)CC(=C)c1ccc(Br)cc1. The Kier molecular flexibility index (Phi) is 2.34. The number of rotatable bonds is 3. The predicted molar refractivity (Wildman–Crippen MR) is 62.9 cm³/mol. The standard InChI is InChI=1S/C10H11BrO2S/c1-8(7-14(2,12)13)9-3-5-10(11)6-4-9/h3-6H,1,7H2,2H3/i2D3. The summed E-state index contributed by atoms with van der Waals surface area (Å²) < 4.78 is 44.6. The largest absolute Gasteiger partial charge is 0.229 e. The minimum absolute atomic E-state index is 0.272. The second kappa shape index (κ2) is 4.28. The fourth-order valence-electron chi connectivity index (χ4n) is 0.998. The maximum Gasteiger partial charge on any atom is 0.151 e. The van der Waals surface area contributed by atoms with Crippen molar-refractivity contribution in [3.05, 3.63) is 40.9 Å². The Morgan fingerprint density at radius 1 is 1.50 bits per heavy atom. The number of hydrogen-bond donors (Lipinski definition) is 0. The molecule has 0 saturated carbocycles. The predicted octanol–water partition coefficient (Wildman–Crippen LogP) is 2.51. The average molecular weight is 278 g/mol. The van der Waals surface area contributed by atoms with Crippen molar-refractivity contribution < 1.29 is 12.5 Å². The maximum atomic E-state index is 11.5. The van der Waals surface area contributed by atoms with Crippen molar-refractivity contribution in [1.29, 1.82) is 0 Å². The lowest BCUT2D eigenvalue weighted by Gasteiger charge is -2.04. The third kappa shape index (κ3) is 3.64. The van der Waals surface area contributed by atoms with Crippen molar-refractivity contribution in [2.45, 2.75) is 0 Å². The molecule has 0 aliphatic rings. The minimum atomic E-state index is -4.17. The Morgan fingerprint density at radius 2 is 2.07 bits per heavy atom. The normalized spacial score (nSPS) is 15.4. The van der Waals surface area contributed by atoms with E-state index in [9.17, 15) is 8.42 Å². The molecule has 0 spiro atoms. The van der Waals surface area contributed by atoms with Gasteiger partial charge in [0.2, 0.25) is 0 Å². The van der Waals surface area contributed by atoms with Gasteiger partial charge in [0.15, 0.2) is 9.84 Å². The second-order valence-electron chi connectivity index (χ2n) is 2.87. The van der Waals surface area contributed by atoms with Crippen LogP contribution in [0.25, 0.3) is 5.57 Å². The van der Waals surface area contributed by atoms with E-state index >= 15 is 0 Å². The van der Waals surface area contributed by atoms with Gasteiger partial charge < -0.3 is 0 Å². The van der Waals surface area contributed by atoms with Gasteiger partial charge in [-0.15, -0.1) is 0 Å². The van der Waals surface area contributed by atoms with Crippen molar-refractivity contribution >= 4 is 31.3 Å². The summed E-state index contributed by atoms with van der Waals surface area (Å²) >= 11 is 3.25. The number of halogens is 1. The quantitative estimate of drug-likeness (QED) is 0.851. The summed E-state index contributed by atoms with van der Waals surface area (Å²) in [6.07, 6.45) is -2.99. The molecule has 76 valence electrons. The molecule has 0 atom stereocenters. The molecule has 0 unspecified atom stereocenters. The third-order valence-corrected chi connectivity index (χ3v) is 2.87. The van der Waals surface area contributed by atoms with Gasteiger partial charge in [-0.05, 0) is 23.3 Å². The average Bonchev–Trinajstić information content (AvgIpc) is 2.16. The lowest BCUT2D eigenvalue weighted by Crippen LogP contribution is -2.04. The first-order chi connectivity index (χ1) is 7.63. The van der Waals surface area contributed by atoms with E-state index in [-0.39, 0.29) is 5.57 Å². The molecule has 0 N–H and O–H groups in total. The fourth-order valence-corrected chi connectivity index (χ4v) is 1.89. The van der Waals surface area contributed by atoms with Gasteiger partial charge in [0.05, 0.1) is 5.75 Å². The third-order valence-electron chi connectivity index (χ3n) is 1.62. The highest BCUT2D eigenvalue weighted by Gasteiger charge is 2.06. The minimum Gasteiger partial charge on any atom is -0.229 e. The van der Waals surface area contributed by atoms with Crippen molar-refractivity contribution in [2.24, 2.45) is 0 Å². The van der Waals surface area contributed by atoms with E-state index < -0.39 is 21.8 Å². The summed E-state index contributed by atoms with van der Waals surface area (Å²) in [7, 11) is -4.17. The topological polar surface area (TPSA) is 34.1 Å². The van der Waals surface area contributed by atoms with Crippen LogP contribution in [0.4, 0.5) is 0 Å². The molecular weight excluding hydrogens is 264 g/mol. The monoisotopic (exact) mass is 277 g/mol.